The first-order valence-corrected chi connectivity index (χ1v) is 11.7. The molecule has 1 aliphatic heterocycles. The lowest BCUT2D eigenvalue weighted by molar-refractivity contribution is -0.133. The molecule has 2 heterocycles. The summed E-state index contributed by atoms with van der Waals surface area (Å²) >= 11 is 0. The summed E-state index contributed by atoms with van der Waals surface area (Å²) < 4.78 is 12.4. The quantitative estimate of drug-likeness (QED) is 0.610. The number of methoxy groups -OCH3 is 1. The van der Waals surface area contributed by atoms with Gasteiger partial charge in [-0.3, -0.25) is 4.98 Å². The van der Waals surface area contributed by atoms with Crippen LogP contribution in [0.2, 0.25) is 0 Å². The van der Waals surface area contributed by atoms with Crippen molar-refractivity contribution in [2.45, 2.75) is 43.0 Å². The molecule has 0 saturated heterocycles. The number of aromatic nitrogens is 1. The molecule has 0 radical (unpaired) electrons. The van der Waals surface area contributed by atoms with Crippen LogP contribution in [0.3, 0.4) is 0 Å². The van der Waals surface area contributed by atoms with E-state index in [1.807, 2.05) is 43.3 Å². The second-order valence-electron chi connectivity index (χ2n) is 9.12. The number of nitriles is 1. The van der Waals surface area contributed by atoms with Gasteiger partial charge in [-0.05, 0) is 36.6 Å². The number of ether oxygens (including phenoxy) is 2. The molecule has 3 aliphatic rings. The van der Waals surface area contributed by atoms with Gasteiger partial charge in [0.1, 0.15) is 11.5 Å². The summed E-state index contributed by atoms with van der Waals surface area (Å²) in [6.45, 7) is 3.25. The highest BCUT2D eigenvalue weighted by Gasteiger charge is 2.77. The van der Waals surface area contributed by atoms with E-state index < -0.39 is 17.3 Å². The Bertz CT molecular complexity index is 1190. The van der Waals surface area contributed by atoms with E-state index in [-0.39, 0.29) is 11.8 Å². The monoisotopic (exact) mass is 459 g/mol. The Kier molecular flexibility index (Phi) is 5.68. The zero-order valence-electron chi connectivity index (χ0n) is 19.4. The van der Waals surface area contributed by atoms with Gasteiger partial charge in [0.05, 0.1) is 37.2 Å². The third kappa shape index (κ3) is 2.96. The first-order chi connectivity index (χ1) is 16.5. The molecular formula is C27H29N3O4. The summed E-state index contributed by atoms with van der Waals surface area (Å²) in [6, 6.07) is 12.1. The number of nitrogens with one attached hydrogen (secondary N) is 1. The van der Waals surface area contributed by atoms with E-state index in [0.29, 0.717) is 42.0 Å². The number of aliphatic hydroxyl groups excluding tert-OH is 1. The molecule has 2 aromatic rings. The Hall–Kier alpha value is -3.18. The molecule has 1 saturated carbocycles. The van der Waals surface area contributed by atoms with E-state index in [9.17, 15) is 15.5 Å². The molecular weight excluding hydrogens is 430 g/mol. The van der Waals surface area contributed by atoms with Crippen LogP contribution in [-0.4, -0.2) is 47.1 Å². The Morgan fingerprint density at radius 1 is 1.24 bits per heavy atom. The highest BCUT2D eigenvalue weighted by Crippen LogP contribution is 2.68. The van der Waals surface area contributed by atoms with Crippen molar-refractivity contribution in [3.05, 3.63) is 77.2 Å². The van der Waals surface area contributed by atoms with E-state index in [1.54, 1.807) is 18.5 Å². The van der Waals surface area contributed by atoms with Crippen LogP contribution in [0.4, 0.5) is 0 Å². The zero-order valence-corrected chi connectivity index (χ0v) is 19.4. The van der Waals surface area contributed by atoms with E-state index >= 15 is 0 Å². The molecule has 1 aromatic heterocycles. The smallest absolute Gasteiger partial charge is 0.173 e. The van der Waals surface area contributed by atoms with E-state index in [4.69, 9.17) is 9.47 Å². The average Bonchev–Trinajstić information content (AvgIpc) is 3.26. The number of hydrogen-bond donors (Lipinski definition) is 3. The molecule has 7 heteroatoms. The Morgan fingerprint density at radius 3 is 2.68 bits per heavy atom. The maximum Gasteiger partial charge on any atom is 0.173 e. The molecule has 3 N–H and O–H groups in total. The van der Waals surface area contributed by atoms with Crippen molar-refractivity contribution in [3.8, 4) is 17.6 Å². The van der Waals surface area contributed by atoms with Crippen LogP contribution in [0.5, 0.6) is 11.5 Å². The minimum Gasteiger partial charge on any atom is -0.495 e. The van der Waals surface area contributed by atoms with Crippen molar-refractivity contribution in [1.29, 1.82) is 5.26 Å². The fraction of sp³-hybridized carbons (Fsp3) is 0.407. The van der Waals surface area contributed by atoms with Gasteiger partial charge in [0.25, 0.3) is 0 Å². The fourth-order valence-electron chi connectivity index (χ4n) is 6.16. The molecule has 34 heavy (non-hydrogen) atoms. The van der Waals surface area contributed by atoms with Crippen LogP contribution in [0.1, 0.15) is 36.8 Å². The first kappa shape index (κ1) is 22.6. The number of rotatable bonds is 6. The first-order valence-electron chi connectivity index (χ1n) is 11.7. The van der Waals surface area contributed by atoms with E-state index in [2.05, 4.69) is 16.4 Å². The van der Waals surface area contributed by atoms with Gasteiger partial charge in [0, 0.05) is 24.0 Å². The van der Waals surface area contributed by atoms with Crippen LogP contribution < -0.4 is 14.8 Å². The maximum atomic E-state index is 12.7. The number of pyridine rings is 1. The minimum atomic E-state index is -1.78. The third-order valence-corrected chi connectivity index (χ3v) is 7.57. The van der Waals surface area contributed by atoms with E-state index in [1.165, 1.54) is 7.11 Å². The van der Waals surface area contributed by atoms with Crippen molar-refractivity contribution in [2.75, 3.05) is 20.2 Å². The summed E-state index contributed by atoms with van der Waals surface area (Å²) in [5.74, 6) is 0.0648. The molecule has 0 bridgehead atoms. The van der Waals surface area contributed by atoms with Gasteiger partial charge in [0.2, 0.25) is 0 Å². The molecule has 0 amide bonds. The van der Waals surface area contributed by atoms with Crippen molar-refractivity contribution in [3.63, 3.8) is 0 Å². The van der Waals surface area contributed by atoms with Crippen molar-refractivity contribution in [1.82, 2.24) is 10.3 Å². The summed E-state index contributed by atoms with van der Waals surface area (Å²) in [5, 5.41) is 37.3. The van der Waals surface area contributed by atoms with Crippen LogP contribution in [0.15, 0.2) is 66.0 Å². The van der Waals surface area contributed by atoms with Crippen LogP contribution >= 0.6 is 0 Å². The highest BCUT2D eigenvalue weighted by atomic mass is 16.5. The van der Waals surface area contributed by atoms with Crippen molar-refractivity contribution in [2.24, 2.45) is 5.92 Å². The topological polar surface area (TPSA) is 108 Å². The number of fused-ring (bicyclic) bond motifs is 3. The molecule has 1 fully saturated rings. The van der Waals surface area contributed by atoms with Crippen LogP contribution in [0, 0.1) is 17.2 Å². The number of nitrogens with zero attached hydrogens (tertiary/aromatic N) is 2. The molecule has 5 atom stereocenters. The SMILES string of the molecule is CCNCC1[C@@H](c2ccccc2)[C@]2(C3=CC=C(C#N)CC3)Oc3cncc(OC)c3[C@]2(O)[C@@H]1O. The van der Waals surface area contributed by atoms with Gasteiger partial charge in [-0.15, -0.1) is 0 Å². The fourth-order valence-corrected chi connectivity index (χ4v) is 6.16. The van der Waals surface area contributed by atoms with Crippen molar-refractivity contribution >= 4 is 0 Å². The molecule has 0 spiro atoms. The highest BCUT2D eigenvalue weighted by molar-refractivity contribution is 5.61. The predicted octanol–water partition coefficient (Wildman–Crippen LogP) is 2.96. The summed E-state index contributed by atoms with van der Waals surface area (Å²) in [6.07, 6.45) is 6.74. The largest absolute Gasteiger partial charge is 0.495 e. The molecule has 2 aliphatic carbocycles. The molecule has 7 nitrogen and oxygen atoms in total. The van der Waals surface area contributed by atoms with Gasteiger partial charge in [-0.1, -0.05) is 43.3 Å². The van der Waals surface area contributed by atoms with E-state index in [0.717, 1.165) is 17.7 Å². The second kappa shape index (κ2) is 8.55. The van der Waals surface area contributed by atoms with Gasteiger partial charge < -0.3 is 25.0 Å². The van der Waals surface area contributed by atoms with Crippen molar-refractivity contribution < 1.29 is 19.7 Å². The normalized spacial score (nSPS) is 31.6. The Labute approximate surface area is 199 Å². The number of benzene rings is 1. The number of aliphatic hydroxyl groups is 2. The third-order valence-electron chi connectivity index (χ3n) is 7.57. The number of hydrogen-bond acceptors (Lipinski definition) is 7. The van der Waals surface area contributed by atoms with Gasteiger partial charge >= 0.3 is 0 Å². The average molecular weight is 460 g/mol. The van der Waals surface area contributed by atoms with Crippen LogP contribution in [-0.2, 0) is 5.60 Å². The zero-order chi connectivity index (χ0) is 23.9. The summed E-state index contributed by atoms with van der Waals surface area (Å²) in [5.41, 5.74) is -0.147. The van der Waals surface area contributed by atoms with Gasteiger partial charge in [-0.25, -0.2) is 0 Å². The lowest BCUT2D eigenvalue weighted by atomic mass is 9.68. The maximum absolute atomic E-state index is 12.7. The Morgan fingerprint density at radius 2 is 2.03 bits per heavy atom. The van der Waals surface area contributed by atoms with Gasteiger partial charge in [0.15, 0.2) is 11.2 Å². The lowest BCUT2D eigenvalue weighted by Crippen LogP contribution is -2.56. The second-order valence-corrected chi connectivity index (χ2v) is 9.12. The summed E-state index contributed by atoms with van der Waals surface area (Å²) in [4.78, 5) is 4.25. The number of allylic oxidation sites excluding steroid dienone is 3. The molecule has 1 aromatic carbocycles. The minimum absolute atomic E-state index is 0.347. The van der Waals surface area contributed by atoms with Crippen LogP contribution in [0.25, 0.3) is 0 Å². The standard InChI is InChI=1S/C27H29N3O4/c1-3-29-14-20-23(18-7-5-4-6-8-18)27(19-11-9-17(13-28)10-12-19)26(32,25(20)31)24-21(33-2)15-30-16-22(24)34-27/h4-9,11,15-16,20,23,25,29,31-32H,3,10,12,14H2,1-2H3/t20?,23-,25-,26+,27+/m1/s1. The van der Waals surface area contributed by atoms with Gasteiger partial charge in [-0.2, -0.15) is 5.26 Å². The molecule has 1 unspecified atom stereocenters. The molecule has 5 rings (SSSR count). The predicted molar refractivity (Wildman–Crippen MR) is 126 cm³/mol. The lowest BCUT2D eigenvalue weighted by Gasteiger charge is -2.43. The summed E-state index contributed by atoms with van der Waals surface area (Å²) in [7, 11) is 1.52. The Balaban J connectivity index is 1.81. The molecule has 176 valence electrons.